The van der Waals surface area contributed by atoms with Gasteiger partial charge >= 0.3 is 0 Å². The van der Waals surface area contributed by atoms with E-state index in [1.807, 2.05) is 38.2 Å². The van der Waals surface area contributed by atoms with Gasteiger partial charge in [-0.2, -0.15) is 4.98 Å². The first-order valence-electron chi connectivity index (χ1n) is 5.59. The van der Waals surface area contributed by atoms with E-state index in [0.29, 0.717) is 18.2 Å². The van der Waals surface area contributed by atoms with Gasteiger partial charge in [0.15, 0.2) is 0 Å². The third-order valence-electron chi connectivity index (χ3n) is 2.34. The Balaban J connectivity index is 2.26. The van der Waals surface area contributed by atoms with Gasteiger partial charge in [0, 0.05) is 22.8 Å². The van der Waals surface area contributed by atoms with E-state index >= 15 is 0 Å². The number of nitrogens with zero attached hydrogens (tertiary/aromatic N) is 2. The molecule has 0 spiro atoms. The Morgan fingerprint density at radius 3 is 2.67 bits per heavy atom. The third kappa shape index (κ3) is 3.27. The lowest BCUT2D eigenvalue weighted by atomic mass is 10.3. The maximum absolute atomic E-state index is 5.79. The number of hydrogen-bond acceptors (Lipinski definition) is 4. The van der Waals surface area contributed by atoms with E-state index in [4.69, 9.17) is 4.74 Å². The minimum Gasteiger partial charge on any atom is -0.439 e. The van der Waals surface area contributed by atoms with Crippen LogP contribution in [0.3, 0.4) is 0 Å². The summed E-state index contributed by atoms with van der Waals surface area (Å²) in [6, 6.07) is 7.65. The molecule has 94 valence electrons. The maximum Gasteiger partial charge on any atom is 0.227 e. The molecule has 4 nitrogen and oxygen atoms in total. The van der Waals surface area contributed by atoms with Gasteiger partial charge in [0.25, 0.3) is 0 Å². The van der Waals surface area contributed by atoms with Crippen LogP contribution in [0.4, 0.5) is 0 Å². The number of nitrogens with one attached hydrogen (secondary N) is 1. The summed E-state index contributed by atoms with van der Waals surface area (Å²) >= 11 is 3.39. The molecule has 0 aliphatic heterocycles. The summed E-state index contributed by atoms with van der Waals surface area (Å²) < 4.78 is 6.80. The molecule has 2 aromatic rings. The van der Waals surface area contributed by atoms with Crippen molar-refractivity contribution >= 4 is 15.9 Å². The zero-order valence-electron chi connectivity index (χ0n) is 10.3. The van der Waals surface area contributed by atoms with E-state index in [0.717, 1.165) is 15.8 Å². The van der Waals surface area contributed by atoms with Crippen LogP contribution in [-0.4, -0.2) is 17.0 Å². The molecule has 18 heavy (non-hydrogen) atoms. The second kappa shape index (κ2) is 5.93. The lowest BCUT2D eigenvalue weighted by molar-refractivity contribution is 0.450. The highest BCUT2D eigenvalue weighted by molar-refractivity contribution is 9.10. The van der Waals surface area contributed by atoms with Crippen LogP contribution >= 0.6 is 15.9 Å². The summed E-state index contributed by atoms with van der Waals surface area (Å²) in [5, 5.41) is 3.07. The number of aromatic nitrogens is 2. The quantitative estimate of drug-likeness (QED) is 0.943. The van der Waals surface area contributed by atoms with Crippen LogP contribution in [0.2, 0.25) is 0 Å². The Labute approximate surface area is 115 Å². The zero-order chi connectivity index (χ0) is 13.0. The van der Waals surface area contributed by atoms with Gasteiger partial charge in [-0.05, 0) is 38.2 Å². The van der Waals surface area contributed by atoms with Crippen molar-refractivity contribution in [1.82, 2.24) is 15.3 Å². The molecule has 1 aromatic heterocycles. The highest BCUT2D eigenvalue weighted by Crippen LogP contribution is 2.24. The maximum atomic E-state index is 5.79. The van der Waals surface area contributed by atoms with Crippen molar-refractivity contribution in [1.29, 1.82) is 0 Å². The highest BCUT2D eigenvalue weighted by atomic mass is 79.9. The van der Waals surface area contributed by atoms with Crippen LogP contribution in [0.25, 0.3) is 0 Å². The second-order valence-electron chi connectivity index (χ2n) is 3.83. The number of benzene rings is 1. The van der Waals surface area contributed by atoms with Crippen molar-refractivity contribution in [3.63, 3.8) is 0 Å². The van der Waals surface area contributed by atoms with Gasteiger partial charge < -0.3 is 10.1 Å². The zero-order valence-corrected chi connectivity index (χ0v) is 11.9. The van der Waals surface area contributed by atoms with Gasteiger partial charge in [0.05, 0.1) is 0 Å². The SMILES string of the molecule is CNCc1cnc(C)nc1Oc1ccc(Br)cc1. The molecular formula is C13H14BrN3O. The third-order valence-corrected chi connectivity index (χ3v) is 2.87. The summed E-state index contributed by atoms with van der Waals surface area (Å²) in [6.07, 6.45) is 1.78. The molecule has 0 radical (unpaired) electrons. The molecule has 0 atom stereocenters. The summed E-state index contributed by atoms with van der Waals surface area (Å²) in [5.41, 5.74) is 0.936. The lowest BCUT2D eigenvalue weighted by Crippen LogP contribution is -2.08. The van der Waals surface area contributed by atoms with Crippen LogP contribution in [0.15, 0.2) is 34.9 Å². The summed E-state index contributed by atoms with van der Waals surface area (Å²) in [4.78, 5) is 8.50. The van der Waals surface area contributed by atoms with Gasteiger partial charge in [-0.15, -0.1) is 0 Å². The van der Waals surface area contributed by atoms with Crippen molar-refractivity contribution < 1.29 is 4.74 Å². The normalized spacial score (nSPS) is 10.4. The predicted octanol–water partition coefficient (Wildman–Crippen LogP) is 3.06. The first-order valence-corrected chi connectivity index (χ1v) is 6.39. The van der Waals surface area contributed by atoms with E-state index in [9.17, 15) is 0 Å². The fourth-order valence-electron chi connectivity index (χ4n) is 1.49. The first kappa shape index (κ1) is 13.0. The average Bonchev–Trinajstić information content (AvgIpc) is 2.36. The van der Waals surface area contributed by atoms with E-state index < -0.39 is 0 Å². The van der Waals surface area contributed by atoms with E-state index in [2.05, 4.69) is 31.2 Å². The van der Waals surface area contributed by atoms with Crippen molar-refractivity contribution in [3.8, 4) is 11.6 Å². The van der Waals surface area contributed by atoms with Crippen molar-refractivity contribution in [3.05, 3.63) is 46.3 Å². The number of aryl methyl sites for hydroxylation is 1. The van der Waals surface area contributed by atoms with Crippen LogP contribution in [-0.2, 0) is 6.54 Å². The van der Waals surface area contributed by atoms with Crippen molar-refractivity contribution in [2.75, 3.05) is 7.05 Å². The fourth-order valence-corrected chi connectivity index (χ4v) is 1.75. The Bertz CT molecular complexity index is 528. The molecule has 0 fully saturated rings. The molecule has 0 aliphatic carbocycles. The number of rotatable bonds is 4. The fraction of sp³-hybridized carbons (Fsp3) is 0.231. The average molecular weight is 308 g/mol. The molecule has 1 aromatic carbocycles. The molecule has 5 heteroatoms. The van der Waals surface area contributed by atoms with E-state index in [-0.39, 0.29) is 0 Å². The molecule has 2 rings (SSSR count). The summed E-state index contributed by atoms with van der Waals surface area (Å²) in [5.74, 6) is 2.05. The monoisotopic (exact) mass is 307 g/mol. The summed E-state index contributed by atoms with van der Waals surface area (Å²) in [7, 11) is 1.88. The molecule has 1 heterocycles. The molecule has 0 amide bonds. The topological polar surface area (TPSA) is 47.0 Å². The van der Waals surface area contributed by atoms with Crippen molar-refractivity contribution in [2.45, 2.75) is 13.5 Å². The van der Waals surface area contributed by atoms with Gasteiger partial charge in [-0.1, -0.05) is 15.9 Å². The van der Waals surface area contributed by atoms with Crippen molar-refractivity contribution in [2.24, 2.45) is 0 Å². The van der Waals surface area contributed by atoms with Crippen LogP contribution in [0, 0.1) is 6.92 Å². The standard InChI is InChI=1S/C13H14BrN3O/c1-9-16-8-10(7-15-2)13(17-9)18-12-5-3-11(14)4-6-12/h3-6,8,15H,7H2,1-2H3. The minimum absolute atomic E-state index is 0.596. The Morgan fingerprint density at radius 1 is 1.28 bits per heavy atom. The van der Waals surface area contributed by atoms with Crippen LogP contribution < -0.4 is 10.1 Å². The predicted molar refractivity (Wildman–Crippen MR) is 73.7 cm³/mol. The van der Waals surface area contributed by atoms with Crippen LogP contribution in [0.1, 0.15) is 11.4 Å². The molecule has 0 bridgehead atoms. The van der Waals surface area contributed by atoms with E-state index in [1.54, 1.807) is 6.20 Å². The smallest absolute Gasteiger partial charge is 0.227 e. The highest BCUT2D eigenvalue weighted by Gasteiger charge is 2.07. The number of halogens is 1. The summed E-state index contributed by atoms with van der Waals surface area (Å²) in [6.45, 7) is 2.52. The number of ether oxygens (including phenoxy) is 1. The Kier molecular flexibility index (Phi) is 4.28. The van der Waals surface area contributed by atoms with Gasteiger partial charge in [0.2, 0.25) is 5.88 Å². The molecule has 0 saturated carbocycles. The molecule has 0 saturated heterocycles. The minimum atomic E-state index is 0.596. The molecular weight excluding hydrogens is 294 g/mol. The van der Waals surface area contributed by atoms with E-state index in [1.165, 1.54) is 0 Å². The molecule has 1 N–H and O–H groups in total. The second-order valence-corrected chi connectivity index (χ2v) is 4.75. The van der Waals surface area contributed by atoms with Crippen LogP contribution in [0.5, 0.6) is 11.6 Å². The first-order chi connectivity index (χ1) is 8.69. The van der Waals surface area contributed by atoms with Gasteiger partial charge in [-0.25, -0.2) is 4.98 Å². The number of hydrogen-bond donors (Lipinski definition) is 1. The van der Waals surface area contributed by atoms with Gasteiger partial charge in [-0.3, -0.25) is 0 Å². The largest absolute Gasteiger partial charge is 0.439 e. The molecule has 0 aliphatic rings. The Morgan fingerprint density at radius 2 is 2.00 bits per heavy atom. The lowest BCUT2D eigenvalue weighted by Gasteiger charge is -2.10. The Hall–Kier alpha value is -1.46. The molecule has 0 unspecified atom stereocenters. The van der Waals surface area contributed by atoms with Gasteiger partial charge in [0.1, 0.15) is 11.6 Å².